The molecular weight excluding hydrogens is 339 g/mol. The Kier molecular flexibility index (Phi) is 5.97. The summed E-state index contributed by atoms with van der Waals surface area (Å²) in [7, 11) is 0. The zero-order valence-electron chi connectivity index (χ0n) is 13.4. The van der Waals surface area contributed by atoms with Crippen molar-refractivity contribution < 1.29 is 19.4 Å². The number of amides is 1. The number of nitrogens with zero attached hydrogens (tertiary/aromatic N) is 1. The number of allylic oxidation sites excluding steroid dienone is 1. The molecule has 0 heterocycles. The molecule has 0 saturated carbocycles. The van der Waals surface area contributed by atoms with Crippen LogP contribution in [0.1, 0.15) is 42.3 Å². The Bertz CT molecular complexity index is 717. The molecule has 0 aliphatic rings. The number of rotatable bonds is 3. The molecule has 1 rings (SSSR count). The highest BCUT2D eigenvalue weighted by molar-refractivity contribution is 6.51. The van der Waals surface area contributed by atoms with Gasteiger partial charge in [-0.3, -0.25) is 0 Å². The van der Waals surface area contributed by atoms with Gasteiger partial charge in [-0.15, -0.1) is 0 Å². The first-order valence-corrected chi connectivity index (χ1v) is 7.54. The molecule has 7 heteroatoms. The second-order valence-corrected chi connectivity index (χ2v) is 6.84. The lowest BCUT2D eigenvalue weighted by atomic mass is 9.80. The van der Waals surface area contributed by atoms with Crippen LogP contribution in [0.4, 0.5) is 0 Å². The summed E-state index contributed by atoms with van der Waals surface area (Å²) in [6.45, 7) is 7.89. The topological polar surface area (TPSA) is 83.4 Å². The molecule has 0 aromatic heterocycles. The Labute approximate surface area is 145 Å². The number of hydrazone groups is 1. The normalized spacial score (nSPS) is 13.6. The van der Waals surface area contributed by atoms with Gasteiger partial charge in [0.25, 0.3) is 0 Å². The molecule has 0 aliphatic carbocycles. The third kappa shape index (κ3) is 4.56. The third-order valence-corrected chi connectivity index (χ3v) is 3.89. The molecule has 0 bridgehead atoms. The zero-order chi connectivity index (χ0) is 17.9. The van der Waals surface area contributed by atoms with Crippen LogP contribution in [0.2, 0.25) is 0 Å². The maximum absolute atomic E-state index is 12.6. The minimum absolute atomic E-state index is 0.268. The Morgan fingerprint density at radius 1 is 1.26 bits per heavy atom. The van der Waals surface area contributed by atoms with Gasteiger partial charge in [0, 0.05) is 0 Å². The zero-order valence-corrected chi connectivity index (χ0v) is 14.9. The minimum atomic E-state index is -1.40. The van der Waals surface area contributed by atoms with Crippen molar-refractivity contribution in [3.8, 4) is 0 Å². The Morgan fingerprint density at radius 2 is 1.83 bits per heavy atom. The second-order valence-electron chi connectivity index (χ2n) is 6.06. The van der Waals surface area contributed by atoms with Crippen molar-refractivity contribution in [3.63, 3.8) is 0 Å². The molecule has 0 unspecified atom stereocenters. The van der Waals surface area contributed by atoms with Gasteiger partial charge in [-0.1, -0.05) is 56.1 Å². The van der Waals surface area contributed by atoms with Crippen molar-refractivity contribution >= 4 is 41.3 Å². The van der Waals surface area contributed by atoms with Gasteiger partial charge in [0.2, 0.25) is 6.21 Å². The molecule has 0 atom stereocenters. The Balaban J connectivity index is 3.40. The number of nitrogens with two attached hydrogens (primary N) is 1. The Morgan fingerprint density at radius 3 is 2.30 bits per heavy atom. The number of aryl methyl sites for hydroxylation is 1. The summed E-state index contributed by atoms with van der Waals surface area (Å²) in [5.74, 6) is 3.80. The summed E-state index contributed by atoms with van der Waals surface area (Å²) in [4.78, 5) is 23.3. The average molecular weight is 358 g/mol. The van der Waals surface area contributed by atoms with Crippen LogP contribution < -0.4 is 5.84 Å². The van der Waals surface area contributed by atoms with Crippen molar-refractivity contribution in [2.45, 2.75) is 33.1 Å². The first-order chi connectivity index (χ1) is 10.5. The van der Waals surface area contributed by atoms with E-state index in [9.17, 15) is 9.59 Å². The summed E-state index contributed by atoms with van der Waals surface area (Å²) in [5.41, 5.74) is 1.97. The van der Waals surface area contributed by atoms with E-state index in [1.807, 2.05) is 33.8 Å². The number of aliphatic carboxylic acids is 1. The van der Waals surface area contributed by atoms with Crippen molar-refractivity contribution in [1.29, 1.82) is 0 Å². The van der Waals surface area contributed by atoms with Crippen molar-refractivity contribution in [2.24, 2.45) is 5.84 Å². The lowest BCUT2D eigenvalue weighted by Crippen LogP contribution is -2.31. The number of benzene rings is 1. The molecule has 0 spiro atoms. The van der Waals surface area contributed by atoms with Gasteiger partial charge in [-0.05, 0) is 34.2 Å². The first-order valence-electron chi connectivity index (χ1n) is 6.78. The van der Waals surface area contributed by atoms with Crippen molar-refractivity contribution in [1.82, 2.24) is 0 Å². The van der Waals surface area contributed by atoms with E-state index in [-0.39, 0.29) is 10.4 Å². The first kappa shape index (κ1) is 19.2. The molecule has 0 radical (unpaired) electrons. The fourth-order valence-electron chi connectivity index (χ4n) is 2.32. The highest BCUT2D eigenvalue weighted by Gasteiger charge is 2.29. The van der Waals surface area contributed by atoms with Crippen LogP contribution in [0, 0.1) is 6.92 Å². The van der Waals surface area contributed by atoms with Crippen LogP contribution in [0.3, 0.4) is 0 Å². The number of hydrazine groups is 1. The number of carboxylic acid groups (broad SMARTS) is 1. The number of hydrogen-bond donors (Lipinski definition) is 2. The van der Waals surface area contributed by atoms with E-state index in [1.54, 1.807) is 12.1 Å². The fourth-order valence-corrected chi connectivity index (χ4v) is 2.55. The Hall–Kier alpha value is -1.85. The minimum Gasteiger partial charge on any atom is -0.477 e. The van der Waals surface area contributed by atoms with Crippen LogP contribution in [0.15, 0.2) is 28.3 Å². The van der Waals surface area contributed by atoms with E-state index in [0.717, 1.165) is 22.0 Å². The van der Waals surface area contributed by atoms with E-state index < -0.39 is 16.9 Å². The number of hydrogen-bond acceptors (Lipinski definition) is 3. The predicted octanol–water partition coefficient (Wildman–Crippen LogP) is 3.16. The molecule has 1 aromatic rings. The molecule has 23 heavy (non-hydrogen) atoms. The van der Waals surface area contributed by atoms with Crippen LogP contribution in [0.25, 0.3) is 0 Å². The standard InChI is InChI=1S/C16H18Cl2N2O3/c1-9-6-5-7-10(12(9)16(2,3)4)14(21)20(19)8-11(17)13(18)15(22)23/h5-8H,19H2,1-4H3/p+1. The van der Waals surface area contributed by atoms with Crippen LogP contribution >= 0.6 is 23.2 Å². The van der Waals surface area contributed by atoms with Crippen LogP contribution in [0.5, 0.6) is 0 Å². The van der Waals surface area contributed by atoms with Gasteiger partial charge >= 0.3 is 11.9 Å². The van der Waals surface area contributed by atoms with Crippen molar-refractivity contribution in [3.05, 3.63) is 45.0 Å². The molecule has 0 saturated heterocycles. The molecule has 5 nitrogen and oxygen atoms in total. The monoisotopic (exact) mass is 357 g/mol. The lowest BCUT2D eigenvalue weighted by molar-refractivity contribution is -0.434. The number of carbonyl (C=O) groups is 2. The van der Waals surface area contributed by atoms with Crippen LogP contribution in [-0.4, -0.2) is 27.9 Å². The van der Waals surface area contributed by atoms with E-state index in [4.69, 9.17) is 34.2 Å². The average Bonchev–Trinajstić information content (AvgIpc) is 2.43. The number of halogens is 2. The molecule has 124 valence electrons. The van der Waals surface area contributed by atoms with E-state index in [0.29, 0.717) is 5.56 Å². The maximum Gasteiger partial charge on any atom is 0.447 e. The van der Waals surface area contributed by atoms with Gasteiger partial charge in [0.15, 0.2) is 5.03 Å². The van der Waals surface area contributed by atoms with E-state index in [1.165, 1.54) is 0 Å². The van der Waals surface area contributed by atoms with Gasteiger partial charge in [0.05, 0.1) is 5.56 Å². The van der Waals surface area contributed by atoms with Crippen molar-refractivity contribution in [2.75, 3.05) is 0 Å². The highest BCUT2D eigenvalue weighted by Crippen LogP contribution is 2.29. The SMILES string of the molecule is Cc1cccc(C(=O)[N+](N)=CC(Cl)=C(Cl)C(=O)O)c1C(C)(C)C. The molecule has 3 N–H and O–H groups in total. The van der Waals surface area contributed by atoms with Gasteiger partial charge in [-0.25, -0.2) is 15.4 Å². The third-order valence-electron chi connectivity index (χ3n) is 3.14. The molecule has 0 aliphatic heterocycles. The van der Waals surface area contributed by atoms with E-state index >= 15 is 0 Å². The fraction of sp³-hybridized carbons (Fsp3) is 0.312. The summed E-state index contributed by atoms with van der Waals surface area (Å²) in [6.07, 6.45) is 0.981. The summed E-state index contributed by atoms with van der Waals surface area (Å²) < 4.78 is 0.734. The van der Waals surface area contributed by atoms with Gasteiger partial charge < -0.3 is 5.11 Å². The van der Waals surface area contributed by atoms with Gasteiger partial charge in [0.1, 0.15) is 5.03 Å². The summed E-state index contributed by atoms with van der Waals surface area (Å²) in [6, 6.07) is 5.34. The number of carbonyl (C=O) groups excluding carboxylic acids is 1. The smallest absolute Gasteiger partial charge is 0.447 e. The number of carboxylic acids is 1. The quantitative estimate of drug-likeness (QED) is 0.217. The predicted molar refractivity (Wildman–Crippen MR) is 91.1 cm³/mol. The molecule has 1 aromatic carbocycles. The lowest BCUT2D eigenvalue weighted by Gasteiger charge is -2.23. The molecule has 0 fully saturated rings. The van der Waals surface area contributed by atoms with Crippen LogP contribution in [-0.2, 0) is 10.2 Å². The van der Waals surface area contributed by atoms with Gasteiger partial charge in [-0.2, -0.15) is 0 Å². The highest BCUT2D eigenvalue weighted by atomic mass is 35.5. The second kappa shape index (κ2) is 7.15. The summed E-state index contributed by atoms with van der Waals surface area (Å²) >= 11 is 11.3. The van der Waals surface area contributed by atoms with E-state index in [2.05, 4.69) is 0 Å². The molecular formula is C16H19Cl2N2O3+. The summed E-state index contributed by atoms with van der Waals surface area (Å²) in [5, 5.41) is 7.82. The molecule has 1 amide bonds. The maximum atomic E-state index is 12.6. The largest absolute Gasteiger partial charge is 0.477 e.